The first-order valence-corrected chi connectivity index (χ1v) is 3.38. The van der Waals surface area contributed by atoms with Crippen LogP contribution in [0.3, 0.4) is 0 Å². The molecule has 0 atom stereocenters. The fourth-order valence-corrected chi connectivity index (χ4v) is 0. The predicted octanol–water partition coefficient (Wildman–Crippen LogP) is 2.28. The average molecular weight is 154 g/mol. The monoisotopic (exact) mass is 153 g/mol. The molecule has 0 aliphatic carbocycles. The maximum absolute atomic E-state index is 4.78. The third kappa shape index (κ3) is 119. The van der Waals surface area contributed by atoms with Crippen molar-refractivity contribution in [1.82, 2.24) is 0 Å². The molecule has 0 spiro atoms. The number of thiocarbonyl (C=S) groups is 1. The Morgan fingerprint density at radius 2 is 1.62 bits per heavy atom. The van der Waals surface area contributed by atoms with Gasteiger partial charge in [0.1, 0.15) is 0 Å². The number of hydrogen-bond donors (Lipinski definition) is 1. The lowest BCUT2D eigenvalue weighted by atomic mass is 10.4. The summed E-state index contributed by atoms with van der Waals surface area (Å²) >= 11 is 8.86. The van der Waals surface area contributed by atoms with E-state index in [1.807, 2.05) is 0 Å². The van der Waals surface area contributed by atoms with E-state index in [0.29, 0.717) is 0 Å². The lowest BCUT2D eigenvalue weighted by Crippen LogP contribution is -1.94. The van der Waals surface area contributed by atoms with Crippen molar-refractivity contribution in [2.24, 2.45) is 5.73 Å². The molecule has 0 fully saturated rings. The number of nitrogens with two attached hydrogens (primary N) is 1. The van der Waals surface area contributed by atoms with Crippen molar-refractivity contribution in [3.63, 3.8) is 0 Å². The van der Waals surface area contributed by atoms with Crippen molar-refractivity contribution in [3.8, 4) is 0 Å². The van der Waals surface area contributed by atoms with E-state index in [1.54, 1.807) is 0 Å². The topological polar surface area (TPSA) is 26.0 Å². The van der Waals surface area contributed by atoms with Gasteiger partial charge >= 0.3 is 0 Å². The van der Waals surface area contributed by atoms with Crippen LogP contribution in [0.25, 0.3) is 0 Å². The molecule has 0 aromatic heterocycles. The highest BCUT2D eigenvalue weighted by Gasteiger charge is 1.59. The molecule has 0 amide bonds. The SMILES string of the molecule is CCCC.NC(=S)Cl. The van der Waals surface area contributed by atoms with E-state index in [9.17, 15) is 0 Å². The Labute approximate surface area is 61.2 Å². The van der Waals surface area contributed by atoms with Gasteiger partial charge in [-0.1, -0.05) is 38.3 Å². The van der Waals surface area contributed by atoms with E-state index in [0.717, 1.165) is 0 Å². The molecule has 0 bridgehead atoms. The average Bonchev–Trinajstić information content (AvgIpc) is 1.65. The van der Waals surface area contributed by atoms with Crippen LogP contribution in [-0.2, 0) is 0 Å². The molecular weight excluding hydrogens is 142 g/mol. The summed E-state index contributed by atoms with van der Waals surface area (Å²) in [6.07, 6.45) is 2.64. The number of rotatable bonds is 1. The van der Waals surface area contributed by atoms with E-state index < -0.39 is 0 Å². The lowest BCUT2D eigenvalue weighted by Gasteiger charge is -1.68. The highest BCUT2D eigenvalue weighted by molar-refractivity contribution is 7.83. The summed E-state index contributed by atoms with van der Waals surface area (Å²) in [5.74, 6) is 0. The molecule has 3 heteroatoms. The molecule has 0 aromatic carbocycles. The number of hydrogen-bond acceptors (Lipinski definition) is 1. The lowest BCUT2D eigenvalue weighted by molar-refractivity contribution is 0.886. The molecule has 0 saturated heterocycles. The van der Waals surface area contributed by atoms with E-state index in [1.165, 1.54) is 12.8 Å². The molecule has 0 heterocycles. The second-order valence-electron chi connectivity index (χ2n) is 1.30. The standard InChI is InChI=1S/C4H10.CH2ClNS/c1-3-4-2;2-1(3)4/h3-4H2,1-2H3;(H2,3,4). The summed E-state index contributed by atoms with van der Waals surface area (Å²) in [4.78, 5) is 0. The summed E-state index contributed by atoms with van der Waals surface area (Å²) < 4.78 is -0.0278. The van der Waals surface area contributed by atoms with Gasteiger partial charge in [0.25, 0.3) is 0 Å². The molecule has 0 rings (SSSR count). The summed E-state index contributed by atoms with van der Waals surface area (Å²) in [5, 5.41) is 0. The van der Waals surface area contributed by atoms with E-state index >= 15 is 0 Å². The predicted molar refractivity (Wildman–Crippen MR) is 43.2 cm³/mol. The maximum Gasteiger partial charge on any atom is 0.164 e. The maximum atomic E-state index is 4.78. The van der Waals surface area contributed by atoms with Crippen LogP contribution in [0.5, 0.6) is 0 Å². The molecule has 0 unspecified atom stereocenters. The molecule has 50 valence electrons. The van der Waals surface area contributed by atoms with Gasteiger partial charge in [0.05, 0.1) is 0 Å². The van der Waals surface area contributed by atoms with Gasteiger partial charge in [-0.25, -0.2) is 0 Å². The van der Waals surface area contributed by atoms with Crippen molar-refractivity contribution < 1.29 is 0 Å². The molecule has 0 saturated carbocycles. The van der Waals surface area contributed by atoms with E-state index in [2.05, 4.69) is 31.8 Å². The van der Waals surface area contributed by atoms with Gasteiger partial charge < -0.3 is 5.73 Å². The minimum absolute atomic E-state index is 0.0278. The zero-order valence-electron chi connectivity index (χ0n) is 5.28. The van der Waals surface area contributed by atoms with Gasteiger partial charge in [0.2, 0.25) is 0 Å². The number of halogens is 1. The van der Waals surface area contributed by atoms with Crippen LogP contribution in [0, 0.1) is 0 Å². The summed E-state index contributed by atoms with van der Waals surface area (Å²) in [7, 11) is 0. The second kappa shape index (κ2) is 10.2. The molecule has 0 aromatic rings. The number of unbranched alkanes of at least 4 members (excludes halogenated alkanes) is 1. The van der Waals surface area contributed by atoms with Gasteiger partial charge in [-0.15, -0.1) is 0 Å². The van der Waals surface area contributed by atoms with Crippen molar-refractivity contribution in [2.45, 2.75) is 26.7 Å². The molecule has 1 nitrogen and oxygen atoms in total. The molecule has 8 heavy (non-hydrogen) atoms. The zero-order valence-corrected chi connectivity index (χ0v) is 6.85. The van der Waals surface area contributed by atoms with Crippen LogP contribution in [0.1, 0.15) is 26.7 Å². The Morgan fingerprint density at radius 3 is 1.62 bits per heavy atom. The molecule has 0 aliphatic rings. The molecule has 2 N–H and O–H groups in total. The Morgan fingerprint density at radius 1 is 1.50 bits per heavy atom. The molecule has 0 aliphatic heterocycles. The van der Waals surface area contributed by atoms with Gasteiger partial charge in [-0.05, 0) is 12.2 Å². The van der Waals surface area contributed by atoms with Gasteiger partial charge in [-0.3, -0.25) is 0 Å². The summed E-state index contributed by atoms with van der Waals surface area (Å²) in [5.41, 5.74) is 4.61. The molecule has 0 radical (unpaired) electrons. The fourth-order valence-electron chi connectivity index (χ4n) is 0. The van der Waals surface area contributed by atoms with Crippen LogP contribution in [0.2, 0.25) is 0 Å². The van der Waals surface area contributed by atoms with Crippen molar-refractivity contribution in [2.75, 3.05) is 0 Å². The highest BCUT2D eigenvalue weighted by Crippen LogP contribution is 1.76. The Hall–Kier alpha value is 0.180. The molecular formula is C5H12ClNS. The second-order valence-corrected chi connectivity index (χ2v) is 2.38. The van der Waals surface area contributed by atoms with Crippen LogP contribution in [-0.4, -0.2) is 4.45 Å². The van der Waals surface area contributed by atoms with E-state index in [-0.39, 0.29) is 4.45 Å². The summed E-state index contributed by atoms with van der Waals surface area (Å²) in [6.45, 7) is 4.36. The van der Waals surface area contributed by atoms with Gasteiger partial charge in [-0.2, -0.15) is 0 Å². The minimum atomic E-state index is -0.0278. The van der Waals surface area contributed by atoms with Crippen molar-refractivity contribution in [3.05, 3.63) is 0 Å². The first kappa shape index (κ1) is 11.0. The third-order valence-electron chi connectivity index (χ3n) is 0.500. The smallest absolute Gasteiger partial charge is 0.164 e. The van der Waals surface area contributed by atoms with Crippen LogP contribution in [0.15, 0.2) is 0 Å². The first-order valence-electron chi connectivity index (χ1n) is 2.60. The highest BCUT2D eigenvalue weighted by atomic mass is 35.5. The normalized spacial score (nSPS) is 6.88. The largest absolute Gasteiger partial charge is 0.380 e. The van der Waals surface area contributed by atoms with Gasteiger partial charge in [0.15, 0.2) is 4.45 Å². The Bertz CT molecular complexity index is 50.4. The summed E-state index contributed by atoms with van der Waals surface area (Å²) in [6, 6.07) is 0. The van der Waals surface area contributed by atoms with Crippen molar-refractivity contribution in [1.29, 1.82) is 0 Å². The first-order chi connectivity index (χ1) is 3.65. The van der Waals surface area contributed by atoms with Gasteiger partial charge in [0, 0.05) is 0 Å². The fraction of sp³-hybridized carbons (Fsp3) is 0.800. The minimum Gasteiger partial charge on any atom is -0.380 e. The quantitative estimate of drug-likeness (QED) is 0.355. The Balaban J connectivity index is 0. The third-order valence-corrected chi connectivity index (χ3v) is 0.500. The Kier molecular flexibility index (Phi) is 14.1. The van der Waals surface area contributed by atoms with Crippen molar-refractivity contribution >= 4 is 28.3 Å². The van der Waals surface area contributed by atoms with Crippen LogP contribution >= 0.6 is 23.8 Å². The van der Waals surface area contributed by atoms with E-state index in [4.69, 9.17) is 11.6 Å². The van der Waals surface area contributed by atoms with Crippen LogP contribution < -0.4 is 5.73 Å². The van der Waals surface area contributed by atoms with Crippen LogP contribution in [0.4, 0.5) is 0 Å². The zero-order chi connectivity index (χ0) is 6.99.